The second-order valence-electron chi connectivity index (χ2n) is 7.35. The summed E-state index contributed by atoms with van der Waals surface area (Å²) >= 11 is 4.95. The SMILES string of the molecule is NC(=S)N/N=C(/c1ccccn1)C12CC3CC(CC(C3)C1)C2. The van der Waals surface area contributed by atoms with Crippen molar-refractivity contribution in [2.75, 3.05) is 0 Å². The summed E-state index contributed by atoms with van der Waals surface area (Å²) in [5, 5.41) is 4.84. The highest BCUT2D eigenvalue weighted by Gasteiger charge is 2.53. The van der Waals surface area contributed by atoms with E-state index < -0.39 is 0 Å². The van der Waals surface area contributed by atoms with Crippen LogP contribution in [0.25, 0.3) is 0 Å². The van der Waals surface area contributed by atoms with E-state index >= 15 is 0 Å². The second kappa shape index (κ2) is 5.30. The lowest BCUT2D eigenvalue weighted by Crippen LogP contribution is -2.51. The summed E-state index contributed by atoms with van der Waals surface area (Å²) in [5.74, 6) is 2.60. The first-order chi connectivity index (χ1) is 10.6. The molecule has 5 rings (SSSR count). The van der Waals surface area contributed by atoms with Crippen molar-refractivity contribution in [2.24, 2.45) is 34.0 Å². The van der Waals surface area contributed by atoms with Crippen molar-refractivity contribution >= 4 is 23.0 Å². The van der Waals surface area contributed by atoms with Crippen LogP contribution in [0.3, 0.4) is 0 Å². The maximum Gasteiger partial charge on any atom is 0.184 e. The molecule has 0 unspecified atom stereocenters. The fourth-order valence-corrected chi connectivity index (χ4v) is 5.51. The van der Waals surface area contributed by atoms with Gasteiger partial charge in [0.15, 0.2) is 5.11 Å². The Morgan fingerprint density at radius 1 is 1.18 bits per heavy atom. The minimum Gasteiger partial charge on any atom is -0.375 e. The molecule has 1 aromatic heterocycles. The normalized spacial score (nSPS) is 36.4. The van der Waals surface area contributed by atoms with Crippen LogP contribution in [0.1, 0.15) is 44.2 Å². The zero-order valence-corrected chi connectivity index (χ0v) is 13.5. The van der Waals surface area contributed by atoms with Crippen LogP contribution in [0.2, 0.25) is 0 Å². The van der Waals surface area contributed by atoms with Crippen LogP contribution in [-0.2, 0) is 0 Å². The number of pyridine rings is 1. The lowest BCUT2D eigenvalue weighted by molar-refractivity contribution is -0.0122. The van der Waals surface area contributed by atoms with Gasteiger partial charge >= 0.3 is 0 Å². The Kier molecular flexibility index (Phi) is 3.40. The molecule has 0 radical (unpaired) electrons. The number of hydrogen-bond acceptors (Lipinski definition) is 3. The van der Waals surface area contributed by atoms with E-state index in [1.807, 2.05) is 18.3 Å². The summed E-state index contributed by atoms with van der Waals surface area (Å²) in [4.78, 5) is 4.56. The Morgan fingerprint density at radius 3 is 2.32 bits per heavy atom. The van der Waals surface area contributed by atoms with Crippen LogP contribution in [0.4, 0.5) is 0 Å². The van der Waals surface area contributed by atoms with Crippen molar-refractivity contribution in [3.63, 3.8) is 0 Å². The largest absolute Gasteiger partial charge is 0.375 e. The number of rotatable bonds is 3. The highest BCUT2D eigenvalue weighted by atomic mass is 32.1. The van der Waals surface area contributed by atoms with Gasteiger partial charge in [-0.1, -0.05) is 6.07 Å². The molecule has 5 heteroatoms. The molecular weight excluding hydrogens is 292 g/mol. The fraction of sp³-hybridized carbons (Fsp3) is 0.588. The molecular formula is C17H22N4S. The van der Waals surface area contributed by atoms with Gasteiger partial charge in [0.25, 0.3) is 0 Å². The third-order valence-corrected chi connectivity index (χ3v) is 5.82. The highest BCUT2D eigenvalue weighted by molar-refractivity contribution is 7.80. The van der Waals surface area contributed by atoms with E-state index in [2.05, 4.69) is 21.6 Å². The second-order valence-corrected chi connectivity index (χ2v) is 7.79. The number of hydrogen-bond donors (Lipinski definition) is 2. The zero-order chi connectivity index (χ0) is 15.2. The van der Waals surface area contributed by atoms with Crippen LogP contribution in [-0.4, -0.2) is 15.8 Å². The monoisotopic (exact) mass is 314 g/mol. The van der Waals surface area contributed by atoms with Crippen LogP contribution in [0, 0.1) is 23.2 Å². The van der Waals surface area contributed by atoms with Gasteiger partial charge in [-0.2, -0.15) is 5.10 Å². The maximum absolute atomic E-state index is 5.60. The summed E-state index contributed by atoms with van der Waals surface area (Å²) in [7, 11) is 0. The quantitative estimate of drug-likeness (QED) is 0.511. The first kappa shape index (κ1) is 14.1. The lowest BCUT2D eigenvalue weighted by Gasteiger charge is -2.56. The van der Waals surface area contributed by atoms with E-state index in [9.17, 15) is 0 Å². The van der Waals surface area contributed by atoms with Crippen LogP contribution < -0.4 is 11.2 Å². The van der Waals surface area contributed by atoms with Crippen molar-refractivity contribution in [1.82, 2.24) is 10.4 Å². The third-order valence-electron chi connectivity index (χ3n) is 5.73. The molecule has 0 spiro atoms. The van der Waals surface area contributed by atoms with Crippen LogP contribution >= 0.6 is 12.2 Å². The number of nitrogens with one attached hydrogen (secondary N) is 1. The van der Waals surface area contributed by atoms with Gasteiger partial charge in [0, 0.05) is 11.6 Å². The molecule has 4 nitrogen and oxygen atoms in total. The molecule has 4 aliphatic rings. The van der Waals surface area contributed by atoms with Crippen molar-refractivity contribution < 1.29 is 0 Å². The predicted octanol–water partition coefficient (Wildman–Crippen LogP) is 2.84. The minimum absolute atomic E-state index is 0.168. The van der Waals surface area contributed by atoms with Gasteiger partial charge in [0.05, 0.1) is 11.4 Å². The molecule has 4 saturated carbocycles. The van der Waals surface area contributed by atoms with E-state index in [-0.39, 0.29) is 10.5 Å². The molecule has 0 saturated heterocycles. The average Bonchev–Trinajstić information content (AvgIpc) is 2.46. The van der Waals surface area contributed by atoms with Gasteiger partial charge in [-0.3, -0.25) is 10.4 Å². The molecule has 1 heterocycles. The number of nitrogens with two attached hydrogens (primary N) is 1. The number of hydrazone groups is 1. The van der Waals surface area contributed by atoms with Crippen LogP contribution in [0.5, 0.6) is 0 Å². The molecule has 0 aliphatic heterocycles. The summed E-state index contributed by atoms with van der Waals surface area (Å²) in [5.41, 5.74) is 10.6. The average molecular weight is 314 g/mol. The molecule has 4 fully saturated rings. The van der Waals surface area contributed by atoms with Crippen molar-refractivity contribution in [3.8, 4) is 0 Å². The summed E-state index contributed by atoms with van der Waals surface area (Å²) < 4.78 is 0. The molecule has 1 aromatic rings. The molecule has 0 aromatic carbocycles. The molecule has 0 amide bonds. The minimum atomic E-state index is 0.168. The predicted molar refractivity (Wildman–Crippen MR) is 91.3 cm³/mol. The lowest BCUT2D eigenvalue weighted by atomic mass is 9.48. The Hall–Kier alpha value is -1.49. The topological polar surface area (TPSA) is 63.3 Å². The van der Waals surface area contributed by atoms with Gasteiger partial charge in [0.2, 0.25) is 0 Å². The first-order valence-electron chi connectivity index (χ1n) is 8.20. The highest BCUT2D eigenvalue weighted by Crippen LogP contribution is 2.61. The molecule has 4 bridgehead atoms. The standard InChI is InChI=1S/C17H22N4S/c18-16(22)21-20-15(14-3-1-2-4-19-14)17-8-11-5-12(9-17)7-13(6-11)10-17/h1-4,11-13H,5-10H2,(H3,18,21,22)/b20-15-. The molecule has 4 aliphatic carbocycles. The van der Waals surface area contributed by atoms with E-state index in [4.69, 9.17) is 18.0 Å². The fourth-order valence-electron chi connectivity index (χ4n) is 5.46. The molecule has 22 heavy (non-hydrogen) atoms. The van der Waals surface area contributed by atoms with Gasteiger partial charge in [-0.05, 0) is 80.6 Å². The number of nitrogens with zero attached hydrogens (tertiary/aromatic N) is 2. The Morgan fingerprint density at radius 2 is 1.82 bits per heavy atom. The molecule has 3 N–H and O–H groups in total. The Labute approximate surface area is 136 Å². The van der Waals surface area contributed by atoms with Gasteiger partial charge < -0.3 is 5.73 Å². The van der Waals surface area contributed by atoms with E-state index in [1.165, 1.54) is 38.5 Å². The molecule has 0 atom stereocenters. The van der Waals surface area contributed by atoms with Crippen molar-refractivity contribution in [3.05, 3.63) is 30.1 Å². The van der Waals surface area contributed by atoms with E-state index in [0.29, 0.717) is 0 Å². The van der Waals surface area contributed by atoms with E-state index in [0.717, 1.165) is 29.2 Å². The number of aromatic nitrogens is 1. The number of thiocarbonyl (C=S) groups is 1. The Bertz CT molecular complexity index is 575. The maximum atomic E-state index is 5.60. The van der Waals surface area contributed by atoms with Gasteiger partial charge in [0.1, 0.15) is 0 Å². The first-order valence-corrected chi connectivity index (χ1v) is 8.60. The third kappa shape index (κ3) is 2.41. The molecule has 116 valence electrons. The zero-order valence-electron chi connectivity index (χ0n) is 12.7. The van der Waals surface area contributed by atoms with Gasteiger partial charge in [-0.15, -0.1) is 0 Å². The van der Waals surface area contributed by atoms with E-state index in [1.54, 1.807) is 0 Å². The Balaban J connectivity index is 1.74. The van der Waals surface area contributed by atoms with Crippen LogP contribution in [0.15, 0.2) is 29.5 Å². The summed E-state index contributed by atoms with van der Waals surface area (Å²) in [6, 6.07) is 6.03. The van der Waals surface area contributed by atoms with Crippen molar-refractivity contribution in [1.29, 1.82) is 0 Å². The summed E-state index contributed by atoms with van der Waals surface area (Å²) in [6.07, 6.45) is 9.81. The van der Waals surface area contributed by atoms with Gasteiger partial charge in [-0.25, -0.2) is 0 Å². The van der Waals surface area contributed by atoms with Crippen molar-refractivity contribution in [2.45, 2.75) is 38.5 Å². The summed E-state index contributed by atoms with van der Waals surface area (Å²) in [6.45, 7) is 0. The smallest absolute Gasteiger partial charge is 0.184 e.